The van der Waals surface area contributed by atoms with Gasteiger partial charge >= 0.3 is 6.18 Å². The van der Waals surface area contributed by atoms with Crippen LogP contribution in [0.2, 0.25) is 0 Å². The third kappa shape index (κ3) is 7.12. The number of ether oxygens (including phenoxy) is 1. The van der Waals surface area contributed by atoms with Crippen molar-refractivity contribution in [3.05, 3.63) is 89.1 Å². The van der Waals surface area contributed by atoms with Gasteiger partial charge in [0, 0.05) is 43.0 Å². The number of aryl methyl sites for hydroxylation is 1. The van der Waals surface area contributed by atoms with Gasteiger partial charge in [0.15, 0.2) is 0 Å². The van der Waals surface area contributed by atoms with Gasteiger partial charge in [-0.1, -0.05) is 24.3 Å². The molecule has 9 heteroatoms. The number of alkyl halides is 3. The van der Waals surface area contributed by atoms with Crippen molar-refractivity contribution in [3.63, 3.8) is 0 Å². The lowest BCUT2D eigenvalue weighted by molar-refractivity contribution is -0.137. The SMILES string of the molecule is COc1cc(C(=O)N2CCC(c3ccc(NC(=O)CCCc4ccc(C(F)(F)F)cc4)cc3)CC2)ccn1. The Morgan fingerprint density at radius 3 is 2.34 bits per heavy atom. The van der Waals surface area contributed by atoms with Gasteiger partial charge < -0.3 is 15.0 Å². The first-order chi connectivity index (χ1) is 18.2. The van der Waals surface area contributed by atoms with Crippen molar-refractivity contribution in [1.82, 2.24) is 9.88 Å². The topological polar surface area (TPSA) is 71.5 Å². The van der Waals surface area contributed by atoms with Crippen LogP contribution in [0.3, 0.4) is 0 Å². The van der Waals surface area contributed by atoms with Gasteiger partial charge in [0.1, 0.15) is 0 Å². The lowest BCUT2D eigenvalue weighted by Crippen LogP contribution is -2.37. The molecule has 200 valence electrons. The molecule has 0 saturated carbocycles. The fraction of sp³-hybridized carbons (Fsp3) is 0.345. The number of nitrogens with one attached hydrogen (secondary N) is 1. The second-order valence-corrected chi connectivity index (χ2v) is 9.37. The molecule has 1 fully saturated rings. The maximum atomic E-state index is 12.8. The highest BCUT2D eigenvalue weighted by molar-refractivity contribution is 5.94. The zero-order valence-corrected chi connectivity index (χ0v) is 21.1. The van der Waals surface area contributed by atoms with E-state index in [1.165, 1.54) is 24.8 Å². The van der Waals surface area contributed by atoms with E-state index in [-0.39, 0.29) is 18.2 Å². The summed E-state index contributed by atoms with van der Waals surface area (Å²) in [4.78, 5) is 31.0. The molecule has 6 nitrogen and oxygen atoms in total. The van der Waals surface area contributed by atoms with Crippen molar-refractivity contribution in [3.8, 4) is 5.88 Å². The van der Waals surface area contributed by atoms with Crippen molar-refractivity contribution in [1.29, 1.82) is 0 Å². The average Bonchev–Trinajstić information content (AvgIpc) is 2.93. The van der Waals surface area contributed by atoms with Crippen molar-refractivity contribution < 1.29 is 27.5 Å². The number of hydrogen-bond acceptors (Lipinski definition) is 4. The second-order valence-electron chi connectivity index (χ2n) is 9.37. The van der Waals surface area contributed by atoms with Gasteiger partial charge in [-0.05, 0) is 73.1 Å². The van der Waals surface area contributed by atoms with Gasteiger partial charge in [-0.3, -0.25) is 9.59 Å². The summed E-state index contributed by atoms with van der Waals surface area (Å²) in [6.07, 6.45) is 0.267. The number of halogens is 3. The number of amides is 2. The third-order valence-electron chi connectivity index (χ3n) is 6.79. The fourth-order valence-corrected chi connectivity index (χ4v) is 4.63. The molecule has 2 amide bonds. The number of carbonyl (C=O) groups excluding carboxylic acids is 2. The molecule has 38 heavy (non-hydrogen) atoms. The molecule has 1 aromatic heterocycles. The first-order valence-corrected chi connectivity index (χ1v) is 12.6. The lowest BCUT2D eigenvalue weighted by Gasteiger charge is -2.32. The molecule has 0 unspecified atom stereocenters. The van der Waals surface area contributed by atoms with Crippen LogP contribution in [-0.2, 0) is 17.4 Å². The third-order valence-corrected chi connectivity index (χ3v) is 6.79. The van der Waals surface area contributed by atoms with Crippen LogP contribution in [-0.4, -0.2) is 41.9 Å². The minimum atomic E-state index is -4.35. The molecule has 3 aromatic rings. The van der Waals surface area contributed by atoms with Gasteiger partial charge in [-0.25, -0.2) is 4.98 Å². The van der Waals surface area contributed by atoms with Crippen LogP contribution < -0.4 is 10.1 Å². The maximum Gasteiger partial charge on any atom is 0.416 e. The zero-order chi connectivity index (χ0) is 27.1. The van der Waals surface area contributed by atoms with E-state index in [0.717, 1.165) is 30.5 Å². The number of benzene rings is 2. The Labute approximate surface area is 219 Å². The summed E-state index contributed by atoms with van der Waals surface area (Å²) in [5.74, 6) is 0.585. The van der Waals surface area contributed by atoms with E-state index >= 15 is 0 Å². The maximum absolute atomic E-state index is 12.8. The number of anilines is 1. The van der Waals surface area contributed by atoms with Crippen LogP contribution in [0.5, 0.6) is 5.88 Å². The van der Waals surface area contributed by atoms with E-state index in [0.29, 0.717) is 49.0 Å². The number of methoxy groups -OCH3 is 1. The Morgan fingerprint density at radius 2 is 1.71 bits per heavy atom. The highest BCUT2D eigenvalue weighted by Crippen LogP contribution is 2.30. The molecular formula is C29H30F3N3O3. The highest BCUT2D eigenvalue weighted by Gasteiger charge is 2.30. The molecule has 4 rings (SSSR count). The number of rotatable bonds is 8. The van der Waals surface area contributed by atoms with E-state index in [4.69, 9.17) is 4.74 Å². The van der Waals surface area contributed by atoms with Crippen LogP contribution >= 0.6 is 0 Å². The number of aromatic nitrogens is 1. The molecule has 0 aliphatic carbocycles. The number of nitrogens with zero attached hydrogens (tertiary/aromatic N) is 2. The summed E-state index contributed by atoms with van der Waals surface area (Å²) >= 11 is 0. The monoisotopic (exact) mass is 525 g/mol. The molecule has 0 spiro atoms. The summed E-state index contributed by atoms with van der Waals surface area (Å²) < 4.78 is 43.1. The highest BCUT2D eigenvalue weighted by atomic mass is 19.4. The van der Waals surface area contributed by atoms with Gasteiger partial charge in [-0.15, -0.1) is 0 Å². The Hall–Kier alpha value is -3.88. The summed E-state index contributed by atoms with van der Waals surface area (Å²) in [5.41, 5.74) is 2.53. The Balaban J connectivity index is 1.21. The van der Waals surface area contributed by atoms with Crippen LogP contribution in [0.1, 0.15) is 58.6 Å². The number of carbonyl (C=O) groups is 2. The largest absolute Gasteiger partial charge is 0.481 e. The van der Waals surface area contributed by atoms with Crippen molar-refractivity contribution in [2.75, 3.05) is 25.5 Å². The minimum Gasteiger partial charge on any atom is -0.481 e. The number of piperidine rings is 1. The second kappa shape index (κ2) is 12.1. The summed E-state index contributed by atoms with van der Waals surface area (Å²) in [5, 5.41) is 2.88. The van der Waals surface area contributed by atoms with E-state index in [2.05, 4.69) is 10.3 Å². The Kier molecular flexibility index (Phi) is 8.66. The normalized spacial score (nSPS) is 14.3. The first kappa shape index (κ1) is 27.2. The van der Waals surface area contributed by atoms with Crippen molar-refractivity contribution >= 4 is 17.5 Å². The van der Waals surface area contributed by atoms with E-state index in [1.807, 2.05) is 29.2 Å². The molecule has 1 aliphatic heterocycles. The Morgan fingerprint density at radius 1 is 1.03 bits per heavy atom. The molecule has 1 saturated heterocycles. The van der Waals surface area contributed by atoms with Gasteiger partial charge in [0.25, 0.3) is 5.91 Å². The molecule has 0 atom stereocenters. The molecule has 0 radical (unpaired) electrons. The van der Waals surface area contributed by atoms with E-state index < -0.39 is 11.7 Å². The minimum absolute atomic E-state index is 0.0273. The predicted molar refractivity (Wildman–Crippen MR) is 138 cm³/mol. The Bertz CT molecular complexity index is 1240. The molecular weight excluding hydrogens is 495 g/mol. The van der Waals surface area contributed by atoms with E-state index in [1.54, 1.807) is 18.3 Å². The van der Waals surface area contributed by atoms with Crippen molar-refractivity contribution in [2.24, 2.45) is 0 Å². The standard InChI is InChI=1S/C29H30F3N3O3/c1-38-27-19-23(13-16-33-27)28(37)35-17-14-22(15-18-35)21-7-11-25(12-8-21)34-26(36)4-2-3-20-5-9-24(10-6-20)29(30,31)32/h5-13,16,19,22H,2-4,14-15,17-18H2,1H3,(H,34,36). The molecule has 1 N–H and O–H groups in total. The molecule has 2 aromatic carbocycles. The summed E-state index contributed by atoms with van der Waals surface area (Å²) in [7, 11) is 1.52. The summed E-state index contributed by atoms with van der Waals surface area (Å²) in [6, 6.07) is 16.2. The van der Waals surface area contributed by atoms with E-state index in [9.17, 15) is 22.8 Å². The zero-order valence-electron chi connectivity index (χ0n) is 21.1. The van der Waals surface area contributed by atoms with Crippen LogP contribution in [0.15, 0.2) is 66.9 Å². The van der Waals surface area contributed by atoms with Gasteiger partial charge in [0.2, 0.25) is 11.8 Å². The average molecular weight is 526 g/mol. The first-order valence-electron chi connectivity index (χ1n) is 12.6. The van der Waals surface area contributed by atoms with Crippen LogP contribution in [0, 0.1) is 0 Å². The summed E-state index contributed by atoms with van der Waals surface area (Å²) in [6.45, 7) is 1.32. The van der Waals surface area contributed by atoms with Gasteiger partial charge in [-0.2, -0.15) is 13.2 Å². The lowest BCUT2D eigenvalue weighted by atomic mass is 9.89. The number of pyridine rings is 1. The molecule has 1 aliphatic rings. The number of likely N-dealkylation sites (tertiary alicyclic amines) is 1. The quantitative estimate of drug-likeness (QED) is 0.386. The molecule has 2 heterocycles. The number of hydrogen-bond donors (Lipinski definition) is 1. The predicted octanol–water partition coefficient (Wildman–Crippen LogP) is 6.09. The van der Waals surface area contributed by atoms with Crippen LogP contribution in [0.4, 0.5) is 18.9 Å². The van der Waals surface area contributed by atoms with Crippen LogP contribution in [0.25, 0.3) is 0 Å². The molecule has 0 bridgehead atoms. The van der Waals surface area contributed by atoms with Crippen molar-refractivity contribution in [2.45, 2.75) is 44.2 Å². The fourth-order valence-electron chi connectivity index (χ4n) is 4.63. The van der Waals surface area contributed by atoms with Gasteiger partial charge in [0.05, 0.1) is 12.7 Å². The smallest absolute Gasteiger partial charge is 0.416 e.